The average molecular weight is 436 g/mol. The van der Waals surface area contributed by atoms with Crippen LogP contribution in [0.15, 0.2) is 51.7 Å². The van der Waals surface area contributed by atoms with Crippen LogP contribution in [0, 0.1) is 5.92 Å². The number of benzene rings is 2. The molecule has 0 atom stereocenters. The lowest BCUT2D eigenvalue weighted by Gasteiger charge is -2.31. The summed E-state index contributed by atoms with van der Waals surface area (Å²) in [5.74, 6) is -1.28. The Bertz CT molecular complexity index is 1180. The number of carbonyl (C=O) groups is 2. The maximum absolute atomic E-state index is 12.6. The van der Waals surface area contributed by atoms with E-state index in [1.54, 1.807) is 17.0 Å². The van der Waals surface area contributed by atoms with E-state index in [1.807, 2.05) is 0 Å². The fourth-order valence-corrected chi connectivity index (χ4v) is 4.17. The van der Waals surface area contributed by atoms with Gasteiger partial charge in [-0.3, -0.25) is 14.6 Å². The lowest BCUT2D eigenvalue weighted by molar-refractivity contribution is -0.144. The van der Waals surface area contributed by atoms with Crippen molar-refractivity contribution in [1.29, 1.82) is 0 Å². The first-order valence-electron chi connectivity index (χ1n) is 11.0. The fraction of sp³-hybridized carbons (Fsp3) is 0.400. The van der Waals surface area contributed by atoms with Crippen molar-refractivity contribution in [3.8, 4) is 0 Å². The minimum atomic E-state index is -0.682. The zero-order chi connectivity index (χ0) is 22.9. The number of aromatic amines is 1. The van der Waals surface area contributed by atoms with Gasteiger partial charge in [0, 0.05) is 24.8 Å². The van der Waals surface area contributed by atoms with Crippen LogP contribution >= 0.6 is 0 Å². The Labute approximate surface area is 186 Å². The topological polar surface area (TPSA) is 95.4 Å². The molecule has 1 saturated heterocycles. The van der Waals surface area contributed by atoms with E-state index in [-0.39, 0.29) is 5.41 Å². The van der Waals surface area contributed by atoms with E-state index < -0.39 is 17.6 Å². The zero-order valence-electron chi connectivity index (χ0n) is 18.7. The molecule has 1 aromatic heterocycles. The van der Waals surface area contributed by atoms with Gasteiger partial charge < -0.3 is 14.6 Å². The number of hydrogen-bond donors (Lipinski definition) is 2. The van der Waals surface area contributed by atoms with E-state index >= 15 is 0 Å². The second-order valence-electron chi connectivity index (χ2n) is 9.57. The highest BCUT2D eigenvalue weighted by Crippen LogP contribution is 2.26. The highest BCUT2D eigenvalue weighted by atomic mass is 16.4. The molecule has 1 aliphatic heterocycles. The van der Waals surface area contributed by atoms with Gasteiger partial charge in [0.15, 0.2) is 5.58 Å². The van der Waals surface area contributed by atoms with Crippen LogP contribution in [-0.4, -0.2) is 34.8 Å². The van der Waals surface area contributed by atoms with Gasteiger partial charge in [-0.25, -0.2) is 4.79 Å². The number of anilines is 1. The molecule has 2 amide bonds. The molecule has 2 aromatic carbocycles. The van der Waals surface area contributed by atoms with Crippen molar-refractivity contribution in [3.63, 3.8) is 0 Å². The highest BCUT2D eigenvalue weighted by Gasteiger charge is 2.27. The molecular formula is C25H29N3O4. The van der Waals surface area contributed by atoms with Gasteiger partial charge in [0.05, 0.1) is 5.52 Å². The molecule has 3 aromatic rings. The second kappa shape index (κ2) is 8.65. The van der Waals surface area contributed by atoms with Crippen molar-refractivity contribution in [1.82, 2.24) is 9.88 Å². The van der Waals surface area contributed by atoms with Crippen molar-refractivity contribution in [3.05, 3.63) is 64.1 Å². The number of nitrogens with zero attached hydrogens (tertiary/aromatic N) is 1. The Morgan fingerprint density at radius 3 is 2.44 bits per heavy atom. The SMILES string of the molecule is CC(C)(C)c1ccc(CC2CCN(C(=O)C(=O)Nc3ccc4[nH]c(=O)oc4c3)CC2)cc1. The molecule has 1 aliphatic rings. The van der Waals surface area contributed by atoms with Crippen LogP contribution in [0.4, 0.5) is 5.69 Å². The second-order valence-corrected chi connectivity index (χ2v) is 9.57. The molecule has 2 heterocycles. The summed E-state index contributed by atoms with van der Waals surface area (Å²) in [4.78, 5) is 40.4. The molecule has 0 radical (unpaired) electrons. The first kappa shape index (κ1) is 21.9. The summed E-state index contributed by atoms with van der Waals surface area (Å²) < 4.78 is 4.99. The van der Waals surface area contributed by atoms with Crippen molar-refractivity contribution >= 4 is 28.6 Å². The Balaban J connectivity index is 1.29. The van der Waals surface area contributed by atoms with E-state index in [9.17, 15) is 14.4 Å². The Kier molecular flexibility index (Phi) is 5.91. The highest BCUT2D eigenvalue weighted by molar-refractivity contribution is 6.39. The smallest absolute Gasteiger partial charge is 0.408 e. The largest absolute Gasteiger partial charge is 0.417 e. The Morgan fingerprint density at radius 1 is 1.09 bits per heavy atom. The molecule has 0 unspecified atom stereocenters. The molecule has 32 heavy (non-hydrogen) atoms. The van der Waals surface area contributed by atoms with E-state index in [0.29, 0.717) is 35.8 Å². The molecule has 168 valence electrons. The van der Waals surface area contributed by atoms with Crippen LogP contribution in [0.1, 0.15) is 44.7 Å². The van der Waals surface area contributed by atoms with Gasteiger partial charge in [-0.1, -0.05) is 45.0 Å². The first-order valence-corrected chi connectivity index (χ1v) is 11.0. The minimum absolute atomic E-state index is 0.145. The number of fused-ring (bicyclic) bond motifs is 1. The Hall–Kier alpha value is -3.35. The molecule has 1 fully saturated rings. The molecule has 7 nitrogen and oxygen atoms in total. The maximum atomic E-state index is 12.6. The van der Waals surface area contributed by atoms with Crippen LogP contribution < -0.4 is 11.1 Å². The predicted molar refractivity (Wildman–Crippen MR) is 124 cm³/mol. The summed E-state index contributed by atoms with van der Waals surface area (Å²) in [6.07, 6.45) is 2.74. The van der Waals surface area contributed by atoms with Gasteiger partial charge >= 0.3 is 17.6 Å². The number of aromatic nitrogens is 1. The summed E-state index contributed by atoms with van der Waals surface area (Å²) in [5.41, 5.74) is 4.06. The summed E-state index contributed by atoms with van der Waals surface area (Å²) >= 11 is 0. The van der Waals surface area contributed by atoms with Gasteiger partial charge in [0.25, 0.3) is 0 Å². The van der Waals surface area contributed by atoms with Gasteiger partial charge in [-0.2, -0.15) is 0 Å². The number of nitrogens with one attached hydrogen (secondary N) is 2. The zero-order valence-corrected chi connectivity index (χ0v) is 18.7. The van der Waals surface area contributed by atoms with Gasteiger partial charge in [-0.15, -0.1) is 0 Å². The maximum Gasteiger partial charge on any atom is 0.417 e. The Morgan fingerprint density at radius 2 is 1.78 bits per heavy atom. The first-order chi connectivity index (χ1) is 15.2. The molecule has 0 spiro atoms. The minimum Gasteiger partial charge on any atom is -0.408 e. The van der Waals surface area contributed by atoms with Crippen LogP contribution in [0.25, 0.3) is 11.1 Å². The standard InChI is InChI=1S/C25H29N3O4/c1-25(2,3)18-6-4-16(5-7-18)14-17-10-12-28(13-11-17)23(30)22(29)26-19-8-9-20-21(15-19)32-24(31)27-20/h4-9,15,17H,10-14H2,1-3H3,(H,26,29)(H,27,31). The molecule has 2 N–H and O–H groups in total. The lowest BCUT2D eigenvalue weighted by atomic mass is 9.85. The van der Waals surface area contributed by atoms with E-state index in [4.69, 9.17) is 4.42 Å². The van der Waals surface area contributed by atoms with E-state index in [0.717, 1.165) is 19.3 Å². The van der Waals surface area contributed by atoms with Crippen LogP contribution in [-0.2, 0) is 21.4 Å². The van der Waals surface area contributed by atoms with Crippen molar-refractivity contribution in [2.45, 2.75) is 45.4 Å². The number of piperidine rings is 1. The van der Waals surface area contributed by atoms with Gasteiger partial charge in [0.1, 0.15) is 0 Å². The summed E-state index contributed by atoms with van der Waals surface area (Å²) in [6.45, 7) is 7.77. The molecule has 0 aliphatic carbocycles. The van der Waals surface area contributed by atoms with E-state index in [2.05, 4.69) is 55.3 Å². The third kappa shape index (κ3) is 4.93. The van der Waals surface area contributed by atoms with Crippen molar-refractivity contribution < 1.29 is 14.0 Å². The van der Waals surface area contributed by atoms with Crippen molar-refractivity contribution in [2.75, 3.05) is 18.4 Å². The summed E-state index contributed by atoms with van der Waals surface area (Å²) in [5, 5.41) is 2.60. The molecule has 4 rings (SSSR count). The van der Waals surface area contributed by atoms with E-state index in [1.165, 1.54) is 17.2 Å². The van der Waals surface area contributed by atoms with Crippen molar-refractivity contribution in [2.24, 2.45) is 5.92 Å². The van der Waals surface area contributed by atoms with Crippen LogP contribution in [0.3, 0.4) is 0 Å². The number of H-pyrrole nitrogens is 1. The molecule has 7 heteroatoms. The number of hydrogen-bond acceptors (Lipinski definition) is 4. The quantitative estimate of drug-likeness (QED) is 0.611. The third-order valence-corrected chi connectivity index (χ3v) is 6.12. The number of amides is 2. The predicted octanol–water partition coefficient (Wildman–Crippen LogP) is 3.84. The van der Waals surface area contributed by atoms with Crippen LogP contribution in [0.2, 0.25) is 0 Å². The molecular weight excluding hydrogens is 406 g/mol. The third-order valence-electron chi connectivity index (χ3n) is 6.12. The summed E-state index contributed by atoms with van der Waals surface area (Å²) in [6, 6.07) is 13.6. The number of likely N-dealkylation sites (tertiary alicyclic amines) is 1. The summed E-state index contributed by atoms with van der Waals surface area (Å²) in [7, 11) is 0. The molecule has 0 saturated carbocycles. The monoisotopic (exact) mass is 435 g/mol. The number of oxazole rings is 1. The lowest BCUT2D eigenvalue weighted by Crippen LogP contribution is -2.44. The van der Waals surface area contributed by atoms with Crippen LogP contribution in [0.5, 0.6) is 0 Å². The van der Waals surface area contributed by atoms with Gasteiger partial charge in [-0.05, 0) is 53.9 Å². The van der Waals surface area contributed by atoms with Gasteiger partial charge in [0.2, 0.25) is 0 Å². The average Bonchev–Trinajstić information content (AvgIpc) is 3.13. The number of carbonyl (C=O) groups excluding carboxylic acids is 2. The number of rotatable bonds is 3. The molecule has 0 bridgehead atoms. The fourth-order valence-electron chi connectivity index (χ4n) is 4.17. The normalized spacial score (nSPS) is 15.2.